The van der Waals surface area contributed by atoms with Gasteiger partial charge in [-0.05, 0) is 136 Å². The number of epoxide rings is 1. The van der Waals surface area contributed by atoms with Crippen molar-refractivity contribution in [2.75, 3.05) is 6.54 Å². The first kappa shape index (κ1) is 34.7. The van der Waals surface area contributed by atoms with E-state index in [4.69, 9.17) is 10.5 Å². The minimum atomic E-state index is -1.27. The normalized spacial score (nSPS) is 44.1. The summed E-state index contributed by atoms with van der Waals surface area (Å²) in [6, 6.07) is 0. The zero-order valence-corrected chi connectivity index (χ0v) is 30.1. The van der Waals surface area contributed by atoms with Crippen LogP contribution in [-0.4, -0.2) is 67.9 Å². The van der Waals surface area contributed by atoms with Crippen molar-refractivity contribution in [3.05, 3.63) is 35.2 Å². The van der Waals surface area contributed by atoms with Crippen LogP contribution in [0.15, 0.2) is 35.2 Å². The van der Waals surface area contributed by atoms with Crippen LogP contribution in [0.3, 0.4) is 0 Å². The molecule has 0 aromatic carbocycles. The number of nitrogens with one attached hydrogen (secondary N) is 1. The molecule has 5 aliphatic carbocycles. The molecule has 8 heteroatoms. The third-order valence-corrected chi connectivity index (χ3v) is 15.8. The van der Waals surface area contributed by atoms with Crippen LogP contribution in [0.2, 0.25) is 0 Å². The number of fused-ring (bicyclic) bond motifs is 5. The van der Waals surface area contributed by atoms with Crippen LogP contribution in [-0.2, 0) is 9.53 Å². The van der Waals surface area contributed by atoms with Gasteiger partial charge in [-0.1, -0.05) is 46.1 Å². The summed E-state index contributed by atoms with van der Waals surface area (Å²) >= 11 is 0. The first-order valence-corrected chi connectivity index (χ1v) is 19.2. The van der Waals surface area contributed by atoms with Crippen LogP contribution in [0, 0.1) is 39.9 Å². The number of aliphatic hydroxyl groups excluding tert-OH is 1. The topological polar surface area (TPSA) is 149 Å². The van der Waals surface area contributed by atoms with E-state index in [-0.39, 0.29) is 29.0 Å². The molecule has 2 heterocycles. The summed E-state index contributed by atoms with van der Waals surface area (Å²) < 4.78 is 6.28. The van der Waals surface area contributed by atoms with E-state index in [2.05, 4.69) is 32.2 Å². The van der Waals surface area contributed by atoms with Gasteiger partial charge in [-0.2, -0.15) is 0 Å². The molecule has 48 heavy (non-hydrogen) atoms. The van der Waals surface area contributed by atoms with Crippen molar-refractivity contribution in [2.24, 2.45) is 45.7 Å². The van der Waals surface area contributed by atoms with Crippen LogP contribution >= 0.6 is 0 Å². The number of nitrogens with two attached hydrogens (primary N) is 1. The average molecular weight is 667 g/mol. The molecule has 8 nitrogen and oxygen atoms in total. The van der Waals surface area contributed by atoms with Gasteiger partial charge < -0.3 is 36.2 Å². The fourth-order valence-corrected chi connectivity index (χ4v) is 12.4. The lowest BCUT2D eigenvalue weighted by atomic mass is 9.42. The van der Waals surface area contributed by atoms with Crippen molar-refractivity contribution in [1.82, 2.24) is 5.32 Å². The van der Waals surface area contributed by atoms with Crippen molar-refractivity contribution in [3.8, 4) is 0 Å². The second-order valence-electron chi connectivity index (χ2n) is 18.4. The highest BCUT2D eigenvalue weighted by atomic mass is 16.6. The van der Waals surface area contributed by atoms with E-state index in [1.54, 1.807) is 6.08 Å². The van der Waals surface area contributed by atoms with E-state index >= 15 is 0 Å². The monoisotopic (exact) mass is 666 g/mol. The molecule has 0 aromatic heterocycles. The highest BCUT2D eigenvalue weighted by Gasteiger charge is 2.73. The Bertz CT molecular complexity index is 1390. The van der Waals surface area contributed by atoms with E-state index in [0.29, 0.717) is 37.5 Å². The molecule has 0 aromatic rings. The van der Waals surface area contributed by atoms with Gasteiger partial charge in [0.1, 0.15) is 12.2 Å². The molecule has 0 spiro atoms. The van der Waals surface area contributed by atoms with E-state index in [1.807, 2.05) is 19.9 Å². The second-order valence-corrected chi connectivity index (χ2v) is 18.4. The summed E-state index contributed by atoms with van der Waals surface area (Å²) in [6.45, 7) is 10.7. The summed E-state index contributed by atoms with van der Waals surface area (Å²) in [5.41, 5.74) is 3.07. The lowest BCUT2D eigenvalue weighted by Crippen LogP contribution is -2.63. The Kier molecular flexibility index (Phi) is 8.44. The van der Waals surface area contributed by atoms with Crippen molar-refractivity contribution >= 4 is 5.78 Å². The van der Waals surface area contributed by atoms with E-state index in [9.17, 15) is 25.2 Å². The van der Waals surface area contributed by atoms with Crippen molar-refractivity contribution in [3.63, 3.8) is 0 Å². The van der Waals surface area contributed by atoms with Gasteiger partial charge in [-0.3, -0.25) is 4.79 Å². The molecule has 2 aliphatic heterocycles. The maximum atomic E-state index is 14.1. The zero-order valence-electron chi connectivity index (χ0n) is 30.1. The number of hydrogen-bond donors (Lipinski definition) is 6. The summed E-state index contributed by atoms with van der Waals surface area (Å²) in [6.07, 6.45) is 16.7. The van der Waals surface area contributed by atoms with Crippen LogP contribution < -0.4 is 11.1 Å². The Labute approximate surface area is 287 Å². The number of carbonyl (C=O) groups is 1. The van der Waals surface area contributed by atoms with Crippen molar-refractivity contribution < 1.29 is 30.0 Å². The number of allylic oxidation sites excluding steroid dienone is 3. The maximum Gasteiger partial charge on any atom is 0.159 e. The number of ether oxygens (including phenoxy) is 1. The Balaban J connectivity index is 1.13. The lowest BCUT2D eigenvalue weighted by Gasteiger charge is -2.63. The molecule has 11 atom stereocenters. The summed E-state index contributed by atoms with van der Waals surface area (Å²) in [5, 5.41) is 51.3. The lowest BCUT2D eigenvalue weighted by molar-refractivity contribution is -0.165. The molecular formula is C40H62N2O6. The smallest absolute Gasteiger partial charge is 0.159 e. The molecule has 268 valence electrons. The highest BCUT2D eigenvalue weighted by Crippen LogP contribution is 2.71. The Morgan fingerprint density at radius 1 is 0.958 bits per heavy atom. The van der Waals surface area contributed by atoms with Crippen molar-refractivity contribution in [2.45, 2.75) is 160 Å². The Hall–Kier alpha value is -1.71. The fourth-order valence-electron chi connectivity index (χ4n) is 12.4. The number of dihydropyridines is 1. The SMILES string of the molecule is CC(O)(C1OC1C(C)(O)C(C)(C)CCC1=CCNC(N)=C1)C1CCC2(O)C3=CC(=O)C4CC(O)CCC4(C4CCCCC4)C3CCC12C. The molecule has 0 radical (unpaired) electrons. The first-order valence-electron chi connectivity index (χ1n) is 19.2. The standard InChI is InChI=1S/C40H62N2O6/c1-35(2,16-11-24-15-20-42-32(41)21-24)38(5,46)34-33(48-34)37(4,45)31-14-19-40(47)28-23-30(44)29-22-26(43)12-18-39(29,25-9-7-6-8-10-25)27(28)13-17-36(31,40)3/h15,21,23,25-27,29,31,33-34,42-43,45-47H,6-14,16-20,22,41H2,1-5H3. The van der Waals surface area contributed by atoms with Gasteiger partial charge >= 0.3 is 0 Å². The largest absolute Gasteiger partial charge is 0.393 e. The minimum absolute atomic E-state index is 0.0979. The number of rotatable bonds is 8. The second kappa shape index (κ2) is 11.7. The first-order chi connectivity index (χ1) is 22.5. The van der Waals surface area contributed by atoms with Gasteiger partial charge in [-0.15, -0.1) is 0 Å². The number of aliphatic hydroxyl groups is 4. The predicted molar refractivity (Wildman–Crippen MR) is 185 cm³/mol. The molecule has 5 fully saturated rings. The quantitative estimate of drug-likeness (QED) is 0.194. The Morgan fingerprint density at radius 2 is 1.69 bits per heavy atom. The van der Waals surface area contributed by atoms with Crippen LogP contribution in [0.1, 0.15) is 125 Å². The van der Waals surface area contributed by atoms with Crippen molar-refractivity contribution in [1.29, 1.82) is 0 Å². The average Bonchev–Trinajstić information content (AvgIpc) is 3.81. The number of hydrogen-bond acceptors (Lipinski definition) is 8. The highest BCUT2D eigenvalue weighted by molar-refractivity contribution is 5.95. The van der Waals surface area contributed by atoms with Gasteiger partial charge in [0.2, 0.25) is 0 Å². The summed E-state index contributed by atoms with van der Waals surface area (Å²) in [4.78, 5) is 14.1. The van der Waals surface area contributed by atoms with Crippen LogP contribution in [0.4, 0.5) is 0 Å². The molecule has 1 saturated heterocycles. The maximum absolute atomic E-state index is 14.1. The zero-order chi connectivity index (χ0) is 34.5. The summed E-state index contributed by atoms with van der Waals surface area (Å²) in [5.74, 6) is 0.903. The summed E-state index contributed by atoms with van der Waals surface area (Å²) in [7, 11) is 0. The molecule has 7 N–H and O–H groups in total. The Morgan fingerprint density at radius 3 is 2.40 bits per heavy atom. The van der Waals surface area contributed by atoms with E-state index in [0.717, 1.165) is 62.5 Å². The third-order valence-electron chi connectivity index (χ3n) is 15.8. The molecule has 0 bridgehead atoms. The van der Waals surface area contributed by atoms with E-state index < -0.39 is 45.9 Å². The van der Waals surface area contributed by atoms with Gasteiger partial charge in [0.15, 0.2) is 5.78 Å². The van der Waals surface area contributed by atoms with Gasteiger partial charge in [-0.25, -0.2) is 0 Å². The van der Waals surface area contributed by atoms with Crippen LogP contribution in [0.5, 0.6) is 0 Å². The fraction of sp³-hybridized carbons (Fsp3) is 0.825. The van der Waals surface area contributed by atoms with Gasteiger partial charge in [0, 0.05) is 17.9 Å². The third kappa shape index (κ3) is 5.04. The molecule has 4 saturated carbocycles. The predicted octanol–water partition coefficient (Wildman–Crippen LogP) is 5.19. The van der Waals surface area contributed by atoms with Gasteiger partial charge in [0.05, 0.1) is 28.7 Å². The molecule has 7 rings (SSSR count). The molecule has 0 amide bonds. The van der Waals surface area contributed by atoms with Gasteiger partial charge in [0.25, 0.3) is 0 Å². The van der Waals surface area contributed by atoms with E-state index in [1.165, 1.54) is 19.3 Å². The minimum Gasteiger partial charge on any atom is -0.393 e. The number of ketones is 1. The van der Waals surface area contributed by atoms with Crippen LogP contribution in [0.25, 0.3) is 0 Å². The molecular weight excluding hydrogens is 604 g/mol. The number of carbonyl (C=O) groups excluding carboxylic acids is 1. The molecule has 11 unspecified atom stereocenters. The molecule has 7 aliphatic rings.